The smallest absolute Gasteiger partial charge is 0.135 e. The molecule has 0 radical (unpaired) electrons. The fraction of sp³-hybridized carbons (Fsp3) is 0.500. The molecule has 0 atom stereocenters. The van der Waals surface area contributed by atoms with E-state index in [0.717, 1.165) is 23.5 Å². The van der Waals surface area contributed by atoms with Gasteiger partial charge in [-0.05, 0) is 30.5 Å². The van der Waals surface area contributed by atoms with Gasteiger partial charge in [-0.3, -0.25) is 0 Å². The number of hydrogen-bond donors (Lipinski definition) is 0. The summed E-state index contributed by atoms with van der Waals surface area (Å²) in [5.74, 6) is 7.53. The van der Waals surface area contributed by atoms with E-state index < -0.39 is 0 Å². The van der Waals surface area contributed by atoms with E-state index in [1.54, 1.807) is 0 Å². The number of rotatable bonds is 6. The highest BCUT2D eigenvalue weighted by atomic mass is 35.5. The van der Waals surface area contributed by atoms with E-state index >= 15 is 0 Å². The summed E-state index contributed by atoms with van der Waals surface area (Å²) in [6.07, 6.45) is 0. The molecule has 0 fully saturated rings. The number of alkyl halides is 1. The fourth-order valence-electron chi connectivity index (χ4n) is 1.53. The second-order valence-electron chi connectivity index (χ2n) is 4.75. The number of ether oxygens (including phenoxy) is 2. The highest BCUT2D eigenvalue weighted by Crippen LogP contribution is 2.19. The van der Waals surface area contributed by atoms with Crippen LogP contribution in [0.3, 0.4) is 0 Å². The molecule has 0 aliphatic carbocycles. The van der Waals surface area contributed by atoms with Crippen LogP contribution in [0.2, 0.25) is 0 Å². The van der Waals surface area contributed by atoms with E-state index in [-0.39, 0.29) is 0 Å². The Balaban J connectivity index is 2.52. The van der Waals surface area contributed by atoms with E-state index in [1.807, 2.05) is 25.1 Å². The SMILES string of the molecule is Cc1ccc(OCCOCC(C)C)c(C#CCCl)c1. The lowest BCUT2D eigenvalue weighted by molar-refractivity contribution is 0.0818. The summed E-state index contributed by atoms with van der Waals surface area (Å²) in [5, 5.41) is 0. The lowest BCUT2D eigenvalue weighted by atomic mass is 10.1. The highest BCUT2D eigenvalue weighted by molar-refractivity contribution is 6.19. The summed E-state index contributed by atoms with van der Waals surface area (Å²) in [7, 11) is 0. The molecule has 0 aromatic heterocycles. The fourth-order valence-corrected chi connectivity index (χ4v) is 1.59. The molecule has 1 rings (SSSR count). The van der Waals surface area contributed by atoms with E-state index in [2.05, 4.69) is 25.7 Å². The zero-order valence-electron chi connectivity index (χ0n) is 11.8. The zero-order valence-corrected chi connectivity index (χ0v) is 12.6. The second-order valence-corrected chi connectivity index (χ2v) is 5.02. The summed E-state index contributed by atoms with van der Waals surface area (Å²) in [4.78, 5) is 0. The van der Waals surface area contributed by atoms with Crippen molar-refractivity contribution < 1.29 is 9.47 Å². The molecule has 0 amide bonds. The van der Waals surface area contributed by atoms with E-state index in [1.165, 1.54) is 0 Å². The van der Waals surface area contributed by atoms with Crippen molar-refractivity contribution in [3.05, 3.63) is 29.3 Å². The molecule has 0 heterocycles. The molecule has 3 heteroatoms. The monoisotopic (exact) mass is 280 g/mol. The van der Waals surface area contributed by atoms with Gasteiger partial charge in [0.15, 0.2) is 0 Å². The summed E-state index contributed by atoms with van der Waals surface area (Å²) >= 11 is 5.58. The lowest BCUT2D eigenvalue weighted by Crippen LogP contribution is -2.10. The average Bonchev–Trinajstić information content (AvgIpc) is 2.37. The number of hydrogen-bond acceptors (Lipinski definition) is 2. The normalized spacial score (nSPS) is 10.2. The van der Waals surface area contributed by atoms with E-state index in [9.17, 15) is 0 Å². The van der Waals surface area contributed by atoms with Crippen LogP contribution in [0, 0.1) is 24.7 Å². The first-order chi connectivity index (χ1) is 9.13. The standard InChI is InChI=1S/C16H21ClO2/c1-13(2)12-18-9-10-19-16-7-6-14(3)11-15(16)5-4-8-17/h6-7,11,13H,8-10,12H2,1-3H3. The van der Waals surface area contributed by atoms with Crippen LogP contribution in [0.25, 0.3) is 0 Å². The summed E-state index contributed by atoms with van der Waals surface area (Å²) in [5.41, 5.74) is 2.03. The summed E-state index contributed by atoms with van der Waals surface area (Å²) in [6, 6.07) is 5.95. The Labute approximate surface area is 121 Å². The van der Waals surface area contributed by atoms with Gasteiger partial charge in [-0.25, -0.2) is 0 Å². The molecule has 0 unspecified atom stereocenters. The first-order valence-electron chi connectivity index (χ1n) is 6.49. The predicted molar refractivity (Wildman–Crippen MR) is 79.9 cm³/mol. The van der Waals surface area contributed by atoms with E-state index in [0.29, 0.717) is 25.0 Å². The molecular formula is C16H21ClO2. The van der Waals surface area contributed by atoms with Crippen molar-refractivity contribution in [1.29, 1.82) is 0 Å². The molecule has 0 saturated carbocycles. The van der Waals surface area contributed by atoms with E-state index in [4.69, 9.17) is 21.1 Å². The Bertz CT molecular complexity index is 444. The van der Waals surface area contributed by atoms with Crippen LogP contribution in [-0.2, 0) is 4.74 Å². The Morgan fingerprint density at radius 2 is 2.05 bits per heavy atom. The van der Waals surface area contributed by atoms with Gasteiger partial charge in [-0.15, -0.1) is 11.6 Å². The molecule has 1 aromatic carbocycles. The van der Waals surface area contributed by atoms with Crippen molar-refractivity contribution in [2.45, 2.75) is 20.8 Å². The second kappa shape index (κ2) is 8.85. The summed E-state index contributed by atoms with van der Waals surface area (Å²) in [6.45, 7) is 8.17. The van der Waals surface area contributed by atoms with Gasteiger partial charge in [0, 0.05) is 6.61 Å². The Morgan fingerprint density at radius 1 is 1.26 bits per heavy atom. The Morgan fingerprint density at radius 3 is 2.74 bits per heavy atom. The van der Waals surface area contributed by atoms with Crippen LogP contribution in [0.15, 0.2) is 18.2 Å². The first-order valence-corrected chi connectivity index (χ1v) is 7.03. The van der Waals surface area contributed by atoms with Gasteiger partial charge in [0.2, 0.25) is 0 Å². The molecule has 0 bridgehead atoms. The molecule has 0 N–H and O–H groups in total. The molecule has 0 saturated heterocycles. The number of halogens is 1. The van der Waals surface area contributed by atoms with Crippen molar-refractivity contribution >= 4 is 11.6 Å². The third-order valence-electron chi connectivity index (χ3n) is 2.36. The molecule has 0 aliphatic heterocycles. The topological polar surface area (TPSA) is 18.5 Å². The molecular weight excluding hydrogens is 260 g/mol. The van der Waals surface area contributed by atoms with Gasteiger partial charge in [0.1, 0.15) is 12.4 Å². The van der Waals surface area contributed by atoms with Crippen LogP contribution >= 0.6 is 11.6 Å². The molecule has 1 aromatic rings. The van der Waals surface area contributed by atoms with Crippen molar-refractivity contribution in [2.75, 3.05) is 25.7 Å². The van der Waals surface area contributed by atoms with Gasteiger partial charge in [0.25, 0.3) is 0 Å². The minimum absolute atomic E-state index is 0.324. The lowest BCUT2D eigenvalue weighted by Gasteiger charge is -2.10. The maximum atomic E-state index is 5.70. The largest absolute Gasteiger partial charge is 0.490 e. The maximum Gasteiger partial charge on any atom is 0.135 e. The predicted octanol–water partition coefficient (Wildman–Crippen LogP) is 3.64. The van der Waals surface area contributed by atoms with Crippen molar-refractivity contribution in [1.82, 2.24) is 0 Å². The Kier molecular flexibility index (Phi) is 7.40. The van der Waals surface area contributed by atoms with Crippen LogP contribution in [0.4, 0.5) is 0 Å². The van der Waals surface area contributed by atoms with Crippen molar-refractivity contribution in [2.24, 2.45) is 5.92 Å². The van der Waals surface area contributed by atoms with Crippen LogP contribution in [0.1, 0.15) is 25.0 Å². The highest BCUT2D eigenvalue weighted by Gasteiger charge is 2.02. The summed E-state index contributed by atoms with van der Waals surface area (Å²) < 4.78 is 11.2. The first kappa shape index (κ1) is 15.9. The minimum Gasteiger partial charge on any atom is -0.490 e. The molecule has 0 aliphatic rings. The maximum absolute atomic E-state index is 5.70. The molecule has 0 spiro atoms. The van der Waals surface area contributed by atoms with Gasteiger partial charge < -0.3 is 9.47 Å². The van der Waals surface area contributed by atoms with Crippen molar-refractivity contribution in [3.8, 4) is 17.6 Å². The average molecular weight is 281 g/mol. The van der Waals surface area contributed by atoms with Crippen LogP contribution < -0.4 is 4.74 Å². The number of benzene rings is 1. The molecule has 2 nitrogen and oxygen atoms in total. The Hall–Kier alpha value is -1.17. The number of aryl methyl sites for hydroxylation is 1. The van der Waals surface area contributed by atoms with Crippen molar-refractivity contribution in [3.63, 3.8) is 0 Å². The molecule has 19 heavy (non-hydrogen) atoms. The third-order valence-corrected chi connectivity index (χ3v) is 2.49. The van der Waals surface area contributed by atoms with Crippen LogP contribution in [0.5, 0.6) is 5.75 Å². The van der Waals surface area contributed by atoms with Gasteiger partial charge >= 0.3 is 0 Å². The van der Waals surface area contributed by atoms with Crippen LogP contribution in [-0.4, -0.2) is 25.7 Å². The van der Waals surface area contributed by atoms with Gasteiger partial charge in [0.05, 0.1) is 18.1 Å². The zero-order chi connectivity index (χ0) is 14.1. The van der Waals surface area contributed by atoms with Gasteiger partial charge in [-0.1, -0.05) is 31.8 Å². The van der Waals surface area contributed by atoms with Gasteiger partial charge in [-0.2, -0.15) is 0 Å². The quantitative estimate of drug-likeness (QED) is 0.450. The molecule has 104 valence electrons. The third kappa shape index (κ3) is 6.52. The minimum atomic E-state index is 0.324.